The Morgan fingerprint density at radius 1 is 1.55 bits per heavy atom. The van der Waals surface area contributed by atoms with Crippen LogP contribution in [0, 0.1) is 0 Å². The fourth-order valence-corrected chi connectivity index (χ4v) is 0.680. The largest absolute Gasteiger partial charge is 0.417 e. The van der Waals surface area contributed by atoms with Crippen molar-refractivity contribution in [2.24, 2.45) is 5.10 Å². The van der Waals surface area contributed by atoms with E-state index in [0.717, 1.165) is 12.3 Å². The summed E-state index contributed by atoms with van der Waals surface area (Å²) in [6, 6.07) is 0. The summed E-state index contributed by atoms with van der Waals surface area (Å²) in [5, 5.41) is 4.92. The highest BCUT2D eigenvalue weighted by Gasteiger charge is 2.33. The molecule has 0 spiro atoms. The second-order valence-electron chi connectivity index (χ2n) is 2.24. The second kappa shape index (κ2) is 2.56. The number of likely N-dealkylation sites (N-methyl/N-ethyl adjacent to an activating group) is 1. The summed E-state index contributed by atoms with van der Waals surface area (Å²) in [6.45, 7) is 0.214. The Labute approximate surface area is 62.0 Å². The van der Waals surface area contributed by atoms with E-state index < -0.39 is 11.7 Å². The van der Waals surface area contributed by atoms with Crippen LogP contribution in [0.5, 0.6) is 0 Å². The SMILES string of the molecule is CN1CC=C(C(F)(F)F)C=N1. The maximum Gasteiger partial charge on any atom is 0.417 e. The Kier molecular flexibility index (Phi) is 1.89. The fraction of sp³-hybridized carbons (Fsp3) is 0.500. The summed E-state index contributed by atoms with van der Waals surface area (Å²) in [4.78, 5) is 0. The number of nitrogens with zero attached hydrogens (tertiary/aromatic N) is 2. The van der Waals surface area contributed by atoms with Crippen molar-refractivity contribution in [3.8, 4) is 0 Å². The number of alkyl halides is 3. The highest BCUT2D eigenvalue weighted by Crippen LogP contribution is 2.25. The van der Waals surface area contributed by atoms with Crippen molar-refractivity contribution in [2.75, 3.05) is 13.6 Å². The molecule has 0 aromatic carbocycles. The molecule has 0 saturated heterocycles. The Morgan fingerprint density at radius 3 is 2.55 bits per heavy atom. The van der Waals surface area contributed by atoms with E-state index in [2.05, 4.69) is 5.10 Å². The molecule has 0 saturated carbocycles. The van der Waals surface area contributed by atoms with Crippen molar-refractivity contribution in [2.45, 2.75) is 6.18 Å². The van der Waals surface area contributed by atoms with Crippen LogP contribution >= 0.6 is 0 Å². The predicted molar refractivity (Wildman–Crippen MR) is 35.3 cm³/mol. The highest BCUT2D eigenvalue weighted by atomic mass is 19.4. The van der Waals surface area contributed by atoms with Crippen LogP contribution in [-0.2, 0) is 0 Å². The van der Waals surface area contributed by atoms with Crippen molar-refractivity contribution in [3.05, 3.63) is 11.6 Å². The zero-order chi connectivity index (χ0) is 8.48. The van der Waals surface area contributed by atoms with Gasteiger partial charge in [-0.25, -0.2) is 0 Å². The predicted octanol–water partition coefficient (Wildman–Crippen LogP) is 1.41. The van der Waals surface area contributed by atoms with Gasteiger partial charge < -0.3 is 0 Å². The molecule has 0 fully saturated rings. The van der Waals surface area contributed by atoms with E-state index in [1.165, 1.54) is 5.01 Å². The molecular weight excluding hydrogens is 157 g/mol. The first-order valence-electron chi connectivity index (χ1n) is 3.02. The zero-order valence-electron chi connectivity index (χ0n) is 5.89. The molecule has 1 rings (SSSR count). The minimum Gasteiger partial charge on any atom is -0.296 e. The minimum atomic E-state index is -4.26. The Balaban J connectivity index is 2.71. The Hall–Kier alpha value is -1.00. The van der Waals surface area contributed by atoms with Crippen LogP contribution in [0.1, 0.15) is 0 Å². The molecule has 0 amide bonds. The van der Waals surface area contributed by atoms with Crippen LogP contribution in [0.4, 0.5) is 13.2 Å². The van der Waals surface area contributed by atoms with Gasteiger partial charge in [0.05, 0.1) is 18.3 Å². The van der Waals surface area contributed by atoms with E-state index in [4.69, 9.17) is 0 Å². The summed E-state index contributed by atoms with van der Waals surface area (Å²) in [5.41, 5.74) is -0.671. The lowest BCUT2D eigenvalue weighted by Crippen LogP contribution is -2.22. The molecule has 0 unspecified atom stereocenters. The van der Waals surface area contributed by atoms with Gasteiger partial charge in [-0.05, 0) is 6.08 Å². The van der Waals surface area contributed by atoms with E-state index in [1.54, 1.807) is 7.05 Å². The van der Waals surface area contributed by atoms with Gasteiger partial charge in [0.25, 0.3) is 0 Å². The van der Waals surface area contributed by atoms with Gasteiger partial charge in [-0.3, -0.25) is 5.01 Å². The van der Waals surface area contributed by atoms with E-state index in [9.17, 15) is 13.2 Å². The number of allylic oxidation sites excluding steroid dienone is 1. The average molecular weight is 164 g/mol. The van der Waals surface area contributed by atoms with Gasteiger partial charge in [-0.1, -0.05) is 0 Å². The van der Waals surface area contributed by atoms with Crippen LogP contribution < -0.4 is 0 Å². The number of halogens is 3. The van der Waals surface area contributed by atoms with Crippen molar-refractivity contribution in [3.63, 3.8) is 0 Å². The standard InChI is InChI=1S/C6H7F3N2/c1-11-3-2-5(4-10-11)6(7,8)9/h2,4H,3H2,1H3. The Morgan fingerprint density at radius 2 is 2.18 bits per heavy atom. The van der Waals surface area contributed by atoms with Gasteiger partial charge in [0.15, 0.2) is 0 Å². The average Bonchev–Trinajstić information content (AvgIpc) is 1.86. The van der Waals surface area contributed by atoms with Crippen LogP contribution in [0.3, 0.4) is 0 Å². The molecule has 62 valence electrons. The van der Waals surface area contributed by atoms with Crippen LogP contribution in [0.25, 0.3) is 0 Å². The quantitative estimate of drug-likeness (QED) is 0.528. The zero-order valence-corrected chi connectivity index (χ0v) is 5.89. The van der Waals surface area contributed by atoms with Crippen LogP contribution in [-0.4, -0.2) is 31.0 Å². The first-order valence-corrected chi connectivity index (χ1v) is 3.02. The molecule has 0 bridgehead atoms. The Bertz CT molecular complexity index is 204. The molecule has 0 atom stereocenters. The molecule has 1 heterocycles. The lowest BCUT2D eigenvalue weighted by atomic mass is 10.2. The third-order valence-corrected chi connectivity index (χ3v) is 1.30. The number of rotatable bonds is 0. The topological polar surface area (TPSA) is 15.6 Å². The molecule has 0 N–H and O–H groups in total. The van der Waals surface area contributed by atoms with Gasteiger partial charge in [0, 0.05) is 7.05 Å². The van der Waals surface area contributed by atoms with E-state index in [-0.39, 0.29) is 6.54 Å². The summed E-state index contributed by atoms with van der Waals surface area (Å²) in [7, 11) is 1.61. The summed E-state index contributed by atoms with van der Waals surface area (Å²) < 4.78 is 35.7. The summed E-state index contributed by atoms with van der Waals surface area (Å²) in [6.07, 6.45) is -2.33. The van der Waals surface area contributed by atoms with E-state index in [1.807, 2.05) is 0 Å². The van der Waals surface area contributed by atoms with Crippen LogP contribution in [0.2, 0.25) is 0 Å². The van der Waals surface area contributed by atoms with Crippen LogP contribution in [0.15, 0.2) is 16.8 Å². The van der Waals surface area contributed by atoms with Gasteiger partial charge in [0.1, 0.15) is 0 Å². The number of hydrogen-bond acceptors (Lipinski definition) is 2. The van der Waals surface area contributed by atoms with Crippen molar-refractivity contribution >= 4 is 6.21 Å². The monoisotopic (exact) mass is 164 g/mol. The molecule has 5 heteroatoms. The van der Waals surface area contributed by atoms with Gasteiger partial charge in [-0.2, -0.15) is 18.3 Å². The molecule has 2 nitrogen and oxygen atoms in total. The van der Waals surface area contributed by atoms with E-state index in [0.29, 0.717) is 0 Å². The maximum atomic E-state index is 11.9. The van der Waals surface area contributed by atoms with E-state index >= 15 is 0 Å². The normalized spacial score (nSPS) is 18.5. The summed E-state index contributed by atoms with van der Waals surface area (Å²) >= 11 is 0. The lowest BCUT2D eigenvalue weighted by Gasteiger charge is -2.16. The second-order valence-corrected chi connectivity index (χ2v) is 2.24. The van der Waals surface area contributed by atoms with Gasteiger partial charge >= 0.3 is 6.18 Å². The molecule has 0 aromatic rings. The lowest BCUT2D eigenvalue weighted by molar-refractivity contribution is -0.0863. The summed E-state index contributed by atoms with van der Waals surface area (Å²) in [5.74, 6) is 0. The van der Waals surface area contributed by atoms with Crippen molar-refractivity contribution in [1.82, 2.24) is 5.01 Å². The van der Waals surface area contributed by atoms with Gasteiger partial charge in [0.2, 0.25) is 0 Å². The molecule has 1 aliphatic rings. The van der Waals surface area contributed by atoms with Crippen molar-refractivity contribution in [1.29, 1.82) is 0 Å². The molecule has 0 radical (unpaired) electrons. The maximum absolute atomic E-state index is 11.9. The van der Waals surface area contributed by atoms with Gasteiger partial charge in [-0.15, -0.1) is 0 Å². The number of hydrogen-bond donors (Lipinski definition) is 0. The fourth-order valence-electron chi connectivity index (χ4n) is 0.680. The minimum absolute atomic E-state index is 0.214. The molecule has 0 aromatic heterocycles. The molecule has 1 aliphatic heterocycles. The third kappa shape index (κ3) is 1.96. The first kappa shape index (κ1) is 8.10. The highest BCUT2D eigenvalue weighted by molar-refractivity contribution is 5.80. The first-order chi connectivity index (χ1) is 5.00. The smallest absolute Gasteiger partial charge is 0.296 e. The molecule has 0 aliphatic carbocycles. The number of hydrazone groups is 1. The molecular formula is C6H7F3N2. The third-order valence-electron chi connectivity index (χ3n) is 1.30. The molecule has 11 heavy (non-hydrogen) atoms. The van der Waals surface area contributed by atoms with Crippen molar-refractivity contribution < 1.29 is 13.2 Å².